The number of amides is 2. The van der Waals surface area contributed by atoms with Gasteiger partial charge in [-0.05, 0) is 17.7 Å². The van der Waals surface area contributed by atoms with E-state index in [1.165, 1.54) is 12.1 Å². The van der Waals surface area contributed by atoms with Crippen LogP contribution in [0.3, 0.4) is 0 Å². The number of hydrogen-bond acceptors (Lipinski definition) is 3. The van der Waals surface area contributed by atoms with Crippen LogP contribution in [0.25, 0.3) is 0 Å². The largest absolute Gasteiger partial charge is 0.481 e. The van der Waals surface area contributed by atoms with Crippen LogP contribution in [-0.4, -0.2) is 48.4 Å². The van der Waals surface area contributed by atoms with E-state index >= 15 is 0 Å². The number of carbonyl (C=O) groups excluding carboxylic acids is 2. The molecule has 0 atom stereocenters. The molecule has 2 aromatic rings. The van der Waals surface area contributed by atoms with Crippen molar-refractivity contribution < 1.29 is 18.7 Å². The lowest BCUT2D eigenvalue weighted by atomic mass is 9.98. The van der Waals surface area contributed by atoms with Crippen LogP contribution < -0.4 is 4.74 Å². The summed E-state index contributed by atoms with van der Waals surface area (Å²) in [6.45, 7) is 1.05. The van der Waals surface area contributed by atoms with E-state index in [2.05, 4.69) is 0 Å². The molecule has 2 aromatic carbocycles. The zero-order valence-electron chi connectivity index (χ0n) is 14.6. The minimum atomic E-state index is -0.500. The van der Waals surface area contributed by atoms with Crippen LogP contribution in [0, 0.1) is 11.7 Å². The van der Waals surface area contributed by atoms with Crippen molar-refractivity contribution in [1.82, 2.24) is 9.80 Å². The van der Waals surface area contributed by atoms with E-state index in [0.717, 1.165) is 5.56 Å². The third kappa shape index (κ3) is 4.20. The first kappa shape index (κ1) is 17.9. The Morgan fingerprint density at radius 3 is 2.46 bits per heavy atom. The molecule has 5 nitrogen and oxygen atoms in total. The number of carbonyl (C=O) groups is 2. The molecule has 0 aliphatic carbocycles. The van der Waals surface area contributed by atoms with Crippen molar-refractivity contribution in [2.75, 3.05) is 26.7 Å². The molecule has 2 amide bonds. The van der Waals surface area contributed by atoms with Crippen molar-refractivity contribution in [3.63, 3.8) is 0 Å². The number of ether oxygens (including phenoxy) is 1. The van der Waals surface area contributed by atoms with E-state index in [9.17, 15) is 14.0 Å². The fraction of sp³-hybridized carbons (Fsp3) is 0.300. The van der Waals surface area contributed by atoms with Crippen molar-refractivity contribution >= 4 is 11.8 Å². The van der Waals surface area contributed by atoms with E-state index in [1.54, 1.807) is 29.0 Å². The van der Waals surface area contributed by atoms with Crippen LogP contribution >= 0.6 is 0 Å². The summed E-state index contributed by atoms with van der Waals surface area (Å²) in [6.07, 6.45) is 0. The lowest BCUT2D eigenvalue weighted by Gasteiger charge is -2.39. The molecular weight excluding hydrogens is 335 g/mol. The minimum absolute atomic E-state index is 0.0212. The fourth-order valence-corrected chi connectivity index (χ4v) is 2.88. The Balaban J connectivity index is 1.43. The normalized spacial score (nSPS) is 13.8. The molecule has 1 aliphatic rings. The molecule has 1 saturated heterocycles. The first-order valence-electron chi connectivity index (χ1n) is 8.48. The van der Waals surface area contributed by atoms with Crippen molar-refractivity contribution in [1.29, 1.82) is 0 Å². The molecule has 136 valence electrons. The summed E-state index contributed by atoms with van der Waals surface area (Å²) in [5.74, 6) is -0.867. The Labute approximate surface area is 152 Å². The number of likely N-dealkylation sites (tertiary alicyclic amines) is 1. The van der Waals surface area contributed by atoms with Gasteiger partial charge in [0.2, 0.25) is 5.91 Å². The van der Waals surface area contributed by atoms with Gasteiger partial charge < -0.3 is 14.5 Å². The van der Waals surface area contributed by atoms with Gasteiger partial charge in [-0.1, -0.05) is 42.5 Å². The van der Waals surface area contributed by atoms with Gasteiger partial charge in [0.15, 0.2) is 18.2 Å². The van der Waals surface area contributed by atoms with Crippen molar-refractivity contribution in [3.8, 4) is 5.75 Å². The maximum Gasteiger partial charge on any atom is 0.260 e. The molecule has 1 heterocycles. The van der Waals surface area contributed by atoms with Crippen LogP contribution in [0.1, 0.15) is 5.56 Å². The molecule has 0 saturated carbocycles. The Kier molecular flexibility index (Phi) is 5.51. The van der Waals surface area contributed by atoms with Crippen LogP contribution in [0.2, 0.25) is 0 Å². The maximum atomic E-state index is 13.5. The van der Waals surface area contributed by atoms with Crippen molar-refractivity contribution in [2.45, 2.75) is 6.54 Å². The Bertz CT molecular complexity index is 776. The van der Waals surface area contributed by atoms with Gasteiger partial charge in [0.1, 0.15) is 0 Å². The second-order valence-corrected chi connectivity index (χ2v) is 6.39. The van der Waals surface area contributed by atoms with Gasteiger partial charge in [0.05, 0.1) is 5.92 Å². The molecule has 3 rings (SSSR count). The van der Waals surface area contributed by atoms with Crippen molar-refractivity contribution in [3.05, 3.63) is 66.0 Å². The van der Waals surface area contributed by atoms with E-state index in [0.29, 0.717) is 19.6 Å². The molecule has 26 heavy (non-hydrogen) atoms. The Morgan fingerprint density at radius 1 is 1.12 bits per heavy atom. The lowest BCUT2D eigenvalue weighted by molar-refractivity contribution is -0.149. The third-order valence-corrected chi connectivity index (χ3v) is 4.41. The minimum Gasteiger partial charge on any atom is -0.481 e. The molecular formula is C20H21FN2O3. The summed E-state index contributed by atoms with van der Waals surface area (Å²) < 4.78 is 18.7. The first-order valence-corrected chi connectivity index (χ1v) is 8.48. The van der Waals surface area contributed by atoms with Gasteiger partial charge in [0.25, 0.3) is 5.91 Å². The summed E-state index contributed by atoms with van der Waals surface area (Å²) in [4.78, 5) is 27.8. The van der Waals surface area contributed by atoms with E-state index in [4.69, 9.17) is 4.74 Å². The number of benzene rings is 2. The predicted molar refractivity (Wildman–Crippen MR) is 94.9 cm³/mol. The van der Waals surface area contributed by atoms with E-state index in [1.807, 2.05) is 30.3 Å². The standard InChI is InChI=1S/C20H21FN2O3/c1-22(11-15-7-3-2-4-8-15)20(25)16-12-23(13-16)19(24)14-26-18-10-6-5-9-17(18)21/h2-10,16H,11-14H2,1H3. The lowest BCUT2D eigenvalue weighted by Crippen LogP contribution is -2.56. The molecule has 0 bridgehead atoms. The van der Waals surface area contributed by atoms with E-state index < -0.39 is 5.82 Å². The highest BCUT2D eigenvalue weighted by atomic mass is 19.1. The molecule has 6 heteroatoms. The molecule has 1 fully saturated rings. The van der Waals surface area contributed by atoms with Gasteiger partial charge in [-0.2, -0.15) is 0 Å². The summed E-state index contributed by atoms with van der Waals surface area (Å²) in [5.41, 5.74) is 1.06. The van der Waals surface area contributed by atoms with Crippen LogP contribution in [-0.2, 0) is 16.1 Å². The summed E-state index contributed by atoms with van der Waals surface area (Å²) in [6, 6.07) is 15.7. The van der Waals surface area contributed by atoms with Gasteiger partial charge in [-0.3, -0.25) is 9.59 Å². The summed E-state index contributed by atoms with van der Waals surface area (Å²) in [7, 11) is 1.76. The molecule has 0 radical (unpaired) electrons. The summed E-state index contributed by atoms with van der Waals surface area (Å²) >= 11 is 0. The summed E-state index contributed by atoms with van der Waals surface area (Å²) in [5, 5.41) is 0. The van der Waals surface area contributed by atoms with Gasteiger partial charge in [0, 0.05) is 26.7 Å². The third-order valence-electron chi connectivity index (χ3n) is 4.41. The zero-order chi connectivity index (χ0) is 18.5. The topological polar surface area (TPSA) is 49.9 Å². The highest BCUT2D eigenvalue weighted by Crippen LogP contribution is 2.20. The second kappa shape index (κ2) is 7.99. The number of para-hydroxylation sites is 1. The predicted octanol–water partition coefficient (Wildman–Crippen LogP) is 2.32. The first-order chi connectivity index (χ1) is 12.5. The maximum absolute atomic E-state index is 13.5. The average Bonchev–Trinajstić information content (AvgIpc) is 2.60. The molecule has 0 N–H and O–H groups in total. The number of rotatable bonds is 6. The average molecular weight is 356 g/mol. The van der Waals surface area contributed by atoms with Crippen LogP contribution in [0.5, 0.6) is 5.75 Å². The van der Waals surface area contributed by atoms with Crippen LogP contribution in [0.15, 0.2) is 54.6 Å². The van der Waals surface area contributed by atoms with E-state index in [-0.39, 0.29) is 30.1 Å². The van der Waals surface area contributed by atoms with Gasteiger partial charge in [-0.25, -0.2) is 4.39 Å². The molecule has 0 unspecified atom stereocenters. The fourth-order valence-electron chi connectivity index (χ4n) is 2.88. The molecule has 0 spiro atoms. The van der Waals surface area contributed by atoms with Gasteiger partial charge >= 0.3 is 0 Å². The zero-order valence-corrected chi connectivity index (χ0v) is 14.6. The SMILES string of the molecule is CN(Cc1ccccc1)C(=O)C1CN(C(=O)COc2ccccc2F)C1. The van der Waals surface area contributed by atoms with Gasteiger partial charge in [-0.15, -0.1) is 0 Å². The Morgan fingerprint density at radius 2 is 1.77 bits per heavy atom. The highest BCUT2D eigenvalue weighted by molar-refractivity contribution is 5.85. The Hall–Kier alpha value is -2.89. The molecule has 0 aromatic heterocycles. The monoisotopic (exact) mass is 356 g/mol. The van der Waals surface area contributed by atoms with Crippen molar-refractivity contribution in [2.24, 2.45) is 5.92 Å². The number of halogens is 1. The second-order valence-electron chi connectivity index (χ2n) is 6.39. The highest BCUT2D eigenvalue weighted by Gasteiger charge is 2.37. The number of hydrogen-bond donors (Lipinski definition) is 0. The van der Waals surface area contributed by atoms with Crippen LogP contribution in [0.4, 0.5) is 4.39 Å². The quantitative estimate of drug-likeness (QED) is 0.798. The smallest absolute Gasteiger partial charge is 0.260 e. The number of nitrogens with zero attached hydrogens (tertiary/aromatic N) is 2. The molecule has 1 aliphatic heterocycles.